The second kappa shape index (κ2) is 9.68. The van der Waals surface area contributed by atoms with E-state index in [0.717, 1.165) is 6.07 Å². The number of amides is 1. The molecule has 190 valence electrons. The van der Waals surface area contributed by atoms with E-state index in [4.69, 9.17) is 15.9 Å². The predicted octanol–water partition coefficient (Wildman–Crippen LogP) is 4.58. The molecule has 1 amide bonds. The van der Waals surface area contributed by atoms with Crippen LogP contribution in [0, 0.1) is 26.2 Å². The van der Waals surface area contributed by atoms with Crippen molar-refractivity contribution in [2.45, 2.75) is 57.2 Å². The third-order valence-corrected chi connectivity index (χ3v) is 6.11. The minimum absolute atomic E-state index is 0.0247. The van der Waals surface area contributed by atoms with Crippen LogP contribution in [0.25, 0.3) is 0 Å². The lowest BCUT2D eigenvalue weighted by molar-refractivity contribution is -0.138. The smallest absolute Gasteiger partial charge is 0.416 e. The van der Waals surface area contributed by atoms with Crippen molar-refractivity contribution >= 4 is 11.7 Å². The molecule has 1 fully saturated rings. The van der Waals surface area contributed by atoms with E-state index < -0.39 is 42.2 Å². The summed E-state index contributed by atoms with van der Waals surface area (Å²) in [5.74, 6) is 2.45. The van der Waals surface area contributed by atoms with E-state index in [1.54, 1.807) is 6.92 Å². The molecular weight excluding hydrogens is 480 g/mol. The van der Waals surface area contributed by atoms with E-state index in [1.165, 1.54) is 31.6 Å². The number of alkyl halides is 4. The Kier molecular flexibility index (Phi) is 6.80. The van der Waals surface area contributed by atoms with Crippen molar-refractivity contribution in [2.24, 2.45) is 0 Å². The van der Waals surface area contributed by atoms with Gasteiger partial charge in [-0.3, -0.25) is 4.79 Å². The zero-order chi connectivity index (χ0) is 26.1. The molecule has 2 aliphatic rings. The lowest BCUT2D eigenvalue weighted by atomic mass is 9.96. The molecular formula is C25H24F4N4O3. The number of ether oxygens (including phenoxy) is 2. The van der Waals surface area contributed by atoms with Crippen LogP contribution in [-0.4, -0.2) is 28.1 Å². The zero-order valence-electron chi connectivity index (χ0n) is 19.6. The minimum atomic E-state index is -4.55. The van der Waals surface area contributed by atoms with Crippen LogP contribution in [0.4, 0.5) is 23.4 Å². The van der Waals surface area contributed by atoms with E-state index in [9.17, 15) is 22.4 Å². The lowest BCUT2D eigenvalue weighted by Crippen LogP contribution is -2.39. The highest BCUT2D eigenvalue weighted by molar-refractivity contribution is 5.80. The van der Waals surface area contributed by atoms with Gasteiger partial charge in [0, 0.05) is 0 Å². The summed E-state index contributed by atoms with van der Waals surface area (Å²) in [6, 6.07) is 2.77. The first kappa shape index (κ1) is 25.3. The third kappa shape index (κ3) is 5.22. The second-order valence-corrected chi connectivity index (χ2v) is 8.76. The number of terminal acetylenes is 1. The zero-order valence-corrected chi connectivity index (χ0v) is 19.6. The summed E-state index contributed by atoms with van der Waals surface area (Å²) in [6.45, 7) is 2.27. The number of hydrogen-bond donors (Lipinski definition) is 2. The van der Waals surface area contributed by atoms with Gasteiger partial charge in [0.05, 0.1) is 28.8 Å². The Labute approximate surface area is 205 Å². The van der Waals surface area contributed by atoms with Gasteiger partial charge in [-0.15, -0.1) is 6.42 Å². The summed E-state index contributed by atoms with van der Waals surface area (Å²) in [7, 11) is 0. The maximum Gasteiger partial charge on any atom is 0.416 e. The van der Waals surface area contributed by atoms with Gasteiger partial charge in [0.25, 0.3) is 6.29 Å². The molecule has 0 bridgehead atoms. The van der Waals surface area contributed by atoms with Gasteiger partial charge >= 0.3 is 6.18 Å². The number of rotatable bonds is 8. The molecule has 0 spiro atoms. The van der Waals surface area contributed by atoms with Crippen molar-refractivity contribution in [3.8, 4) is 12.3 Å². The standard InChI is InChI=1S/C25H24F4N4O3/c1-4-18(16-6-5-7-17(14(16)2)25(27,28)29)32-22-21(23-35-10-11-36-23)19(30-15(3)31-22)12-20(34)33-24(13-26)8-9-24/h1,5-7,10-11,18,23H,8-9,12-13H2,2-3H3,(H,33,34)(H,30,31,32)/t18-/m1/s1. The highest BCUT2D eigenvalue weighted by Crippen LogP contribution is 2.38. The first-order valence-electron chi connectivity index (χ1n) is 11.2. The average molecular weight is 504 g/mol. The van der Waals surface area contributed by atoms with Crippen LogP contribution in [0.1, 0.15) is 58.9 Å². The first-order valence-corrected chi connectivity index (χ1v) is 11.2. The Bertz CT molecular complexity index is 1230. The van der Waals surface area contributed by atoms with Crippen molar-refractivity contribution in [1.82, 2.24) is 15.3 Å². The van der Waals surface area contributed by atoms with Gasteiger partial charge in [0.1, 0.15) is 36.9 Å². The maximum atomic E-state index is 13.5. The van der Waals surface area contributed by atoms with Gasteiger partial charge < -0.3 is 20.1 Å². The molecule has 1 aromatic carbocycles. The van der Waals surface area contributed by atoms with E-state index in [0.29, 0.717) is 12.8 Å². The topological polar surface area (TPSA) is 85.4 Å². The van der Waals surface area contributed by atoms with Crippen LogP contribution >= 0.6 is 0 Å². The van der Waals surface area contributed by atoms with Gasteiger partial charge in [-0.25, -0.2) is 14.4 Å². The van der Waals surface area contributed by atoms with Gasteiger partial charge in [-0.2, -0.15) is 13.2 Å². The molecule has 0 unspecified atom stereocenters. The Morgan fingerprint density at radius 2 is 1.94 bits per heavy atom. The molecule has 4 rings (SSSR count). The molecule has 11 heteroatoms. The number of anilines is 1. The fraction of sp³-hybridized carbons (Fsp3) is 0.400. The highest BCUT2D eigenvalue weighted by atomic mass is 19.4. The molecule has 2 N–H and O–H groups in total. The molecule has 1 aliphatic carbocycles. The van der Waals surface area contributed by atoms with E-state index >= 15 is 0 Å². The summed E-state index contributed by atoms with van der Waals surface area (Å²) in [4.78, 5) is 21.5. The number of aromatic nitrogens is 2. The van der Waals surface area contributed by atoms with Crippen LogP contribution in [0.5, 0.6) is 0 Å². The molecule has 1 aromatic heterocycles. The number of aryl methyl sites for hydroxylation is 1. The van der Waals surface area contributed by atoms with Crippen LogP contribution in [0.15, 0.2) is 30.7 Å². The number of nitrogens with zero attached hydrogens (tertiary/aromatic N) is 2. The van der Waals surface area contributed by atoms with E-state index in [1.807, 2.05) is 0 Å². The van der Waals surface area contributed by atoms with Gasteiger partial charge in [-0.05, 0) is 43.9 Å². The highest BCUT2D eigenvalue weighted by Gasteiger charge is 2.44. The second-order valence-electron chi connectivity index (χ2n) is 8.76. The average Bonchev–Trinajstić information content (AvgIpc) is 3.37. The number of halogens is 4. The molecule has 1 saturated carbocycles. The van der Waals surface area contributed by atoms with Gasteiger partial charge in [0.15, 0.2) is 0 Å². The number of nitrogens with one attached hydrogen (secondary N) is 2. The molecule has 1 atom stereocenters. The Hall–Kier alpha value is -3.81. The fourth-order valence-corrected chi connectivity index (χ4v) is 4.06. The molecule has 2 aromatic rings. The van der Waals surface area contributed by atoms with Crippen molar-refractivity contribution in [3.63, 3.8) is 0 Å². The van der Waals surface area contributed by atoms with Crippen LogP contribution in [-0.2, 0) is 26.9 Å². The van der Waals surface area contributed by atoms with Crippen molar-refractivity contribution in [1.29, 1.82) is 0 Å². The summed E-state index contributed by atoms with van der Waals surface area (Å²) < 4.78 is 64.6. The SMILES string of the molecule is C#C[C@@H](Nc1nc(C)nc(CC(=O)NC2(CF)CC2)c1C1OC=CO1)c1cccc(C(F)(F)F)c1C. The molecule has 7 nitrogen and oxygen atoms in total. The number of benzene rings is 1. The Balaban J connectivity index is 1.70. The molecule has 0 radical (unpaired) electrons. The van der Waals surface area contributed by atoms with E-state index in [2.05, 4.69) is 26.5 Å². The number of hydrogen-bond acceptors (Lipinski definition) is 6. The monoisotopic (exact) mass is 504 g/mol. The summed E-state index contributed by atoms with van der Waals surface area (Å²) in [5, 5.41) is 5.70. The van der Waals surface area contributed by atoms with Crippen LogP contribution < -0.4 is 10.6 Å². The quantitative estimate of drug-likeness (QED) is 0.405. The lowest BCUT2D eigenvalue weighted by Gasteiger charge is -2.23. The summed E-state index contributed by atoms with van der Waals surface area (Å²) in [6.07, 6.45) is 3.64. The maximum absolute atomic E-state index is 13.5. The fourth-order valence-electron chi connectivity index (χ4n) is 4.06. The Morgan fingerprint density at radius 3 is 2.53 bits per heavy atom. The van der Waals surface area contributed by atoms with Gasteiger partial charge in [0.2, 0.25) is 5.91 Å². The predicted molar refractivity (Wildman–Crippen MR) is 122 cm³/mol. The first-order chi connectivity index (χ1) is 17.1. The van der Waals surface area contributed by atoms with Crippen LogP contribution in [0.3, 0.4) is 0 Å². The number of carbonyl (C=O) groups excluding carboxylic acids is 1. The largest absolute Gasteiger partial charge is 0.455 e. The minimum Gasteiger partial charge on any atom is -0.455 e. The van der Waals surface area contributed by atoms with Crippen molar-refractivity contribution in [3.05, 3.63) is 64.5 Å². The molecule has 1 aliphatic heterocycles. The van der Waals surface area contributed by atoms with E-state index in [-0.39, 0.29) is 40.4 Å². The molecule has 0 saturated heterocycles. The molecule has 36 heavy (non-hydrogen) atoms. The third-order valence-electron chi connectivity index (χ3n) is 6.11. The normalized spacial score (nSPS) is 17.0. The van der Waals surface area contributed by atoms with Crippen LogP contribution in [0.2, 0.25) is 0 Å². The van der Waals surface area contributed by atoms with Crippen molar-refractivity contribution < 1.29 is 31.8 Å². The van der Waals surface area contributed by atoms with Gasteiger partial charge in [-0.1, -0.05) is 18.1 Å². The van der Waals surface area contributed by atoms with Crippen molar-refractivity contribution in [2.75, 3.05) is 12.0 Å². The molecule has 2 heterocycles. The summed E-state index contributed by atoms with van der Waals surface area (Å²) >= 11 is 0. The Morgan fingerprint density at radius 1 is 1.25 bits per heavy atom. The number of carbonyl (C=O) groups is 1. The summed E-state index contributed by atoms with van der Waals surface area (Å²) in [5.41, 5.74) is -0.912.